The lowest BCUT2D eigenvalue weighted by atomic mass is 9.91. The normalized spacial score (nSPS) is 16.6. The summed E-state index contributed by atoms with van der Waals surface area (Å²) in [7, 11) is 1.44. The Kier molecular flexibility index (Phi) is 2.91. The molecule has 2 N–H and O–H groups in total. The van der Waals surface area contributed by atoms with Gasteiger partial charge in [-0.25, -0.2) is 0 Å². The van der Waals surface area contributed by atoms with E-state index in [9.17, 15) is 9.90 Å². The zero-order chi connectivity index (χ0) is 12.6. The molecule has 0 unspecified atom stereocenters. The molecule has 0 aromatic heterocycles. The zero-order valence-electron chi connectivity index (χ0n) is 9.36. The summed E-state index contributed by atoms with van der Waals surface area (Å²) in [6.45, 7) is 0. The van der Waals surface area contributed by atoms with Gasteiger partial charge in [-0.3, -0.25) is 4.79 Å². The number of benzene rings is 1. The van der Waals surface area contributed by atoms with E-state index in [2.05, 4.69) is 0 Å². The summed E-state index contributed by atoms with van der Waals surface area (Å²) in [5.74, 6) is -0.597. The predicted molar refractivity (Wildman–Crippen MR) is 62.8 cm³/mol. The quantitative estimate of drug-likeness (QED) is 0.869. The fourth-order valence-corrected chi connectivity index (χ4v) is 2.32. The molecule has 1 saturated carbocycles. The number of ether oxygens (including phenoxy) is 1. The highest BCUT2D eigenvalue weighted by Crippen LogP contribution is 2.55. The Morgan fingerprint density at radius 3 is 2.65 bits per heavy atom. The Labute approximate surface area is 104 Å². The summed E-state index contributed by atoms with van der Waals surface area (Å²) in [4.78, 5) is 10.8. The molecule has 5 heteroatoms. The van der Waals surface area contributed by atoms with Crippen LogP contribution in [0.5, 0.6) is 11.5 Å². The van der Waals surface area contributed by atoms with Crippen molar-refractivity contribution in [2.45, 2.75) is 24.7 Å². The minimum atomic E-state index is -0.874. The Balaban J connectivity index is 2.45. The van der Waals surface area contributed by atoms with Gasteiger partial charge in [0.05, 0.1) is 13.5 Å². The van der Waals surface area contributed by atoms with E-state index in [4.69, 9.17) is 21.4 Å². The van der Waals surface area contributed by atoms with Crippen molar-refractivity contribution in [3.05, 3.63) is 22.7 Å². The second kappa shape index (κ2) is 4.11. The van der Waals surface area contributed by atoms with E-state index in [1.807, 2.05) is 0 Å². The zero-order valence-corrected chi connectivity index (χ0v) is 10.1. The fourth-order valence-electron chi connectivity index (χ4n) is 2.12. The number of aromatic hydroxyl groups is 1. The van der Waals surface area contributed by atoms with Crippen molar-refractivity contribution in [2.75, 3.05) is 7.11 Å². The molecule has 0 heterocycles. The number of carboxylic acid groups (broad SMARTS) is 1. The molecule has 1 aromatic carbocycles. The number of carboxylic acids is 1. The minimum absolute atomic E-state index is 0.00402. The molecule has 0 spiro atoms. The second-order valence-electron chi connectivity index (χ2n) is 4.36. The summed E-state index contributed by atoms with van der Waals surface area (Å²) in [6, 6.07) is 3.13. The monoisotopic (exact) mass is 256 g/mol. The largest absolute Gasteiger partial charge is 0.504 e. The van der Waals surface area contributed by atoms with E-state index in [-0.39, 0.29) is 17.9 Å². The molecule has 4 nitrogen and oxygen atoms in total. The summed E-state index contributed by atoms with van der Waals surface area (Å²) >= 11 is 5.93. The molecule has 0 aliphatic heterocycles. The van der Waals surface area contributed by atoms with Crippen molar-refractivity contribution in [2.24, 2.45) is 0 Å². The van der Waals surface area contributed by atoms with Gasteiger partial charge in [-0.15, -0.1) is 0 Å². The van der Waals surface area contributed by atoms with E-state index in [0.29, 0.717) is 10.6 Å². The molecule has 1 aliphatic rings. The lowest BCUT2D eigenvalue weighted by Crippen LogP contribution is -2.13. The summed E-state index contributed by atoms with van der Waals surface area (Å²) < 4.78 is 5.01. The maximum atomic E-state index is 10.8. The Morgan fingerprint density at radius 1 is 1.53 bits per heavy atom. The van der Waals surface area contributed by atoms with E-state index >= 15 is 0 Å². The summed E-state index contributed by atoms with van der Waals surface area (Å²) in [6.07, 6.45) is 1.50. The van der Waals surface area contributed by atoms with Gasteiger partial charge in [0.25, 0.3) is 0 Å². The molecule has 0 saturated heterocycles. The second-order valence-corrected chi connectivity index (χ2v) is 4.79. The molecule has 1 aliphatic carbocycles. The van der Waals surface area contributed by atoms with Crippen LogP contribution in [-0.4, -0.2) is 23.3 Å². The lowest BCUT2D eigenvalue weighted by molar-refractivity contribution is -0.137. The number of aliphatic carboxylic acids is 1. The van der Waals surface area contributed by atoms with Crippen LogP contribution in [-0.2, 0) is 10.2 Å². The highest BCUT2D eigenvalue weighted by atomic mass is 35.5. The molecule has 1 fully saturated rings. The first-order valence-electron chi connectivity index (χ1n) is 5.27. The van der Waals surface area contributed by atoms with Crippen molar-refractivity contribution in [1.29, 1.82) is 0 Å². The van der Waals surface area contributed by atoms with Crippen molar-refractivity contribution >= 4 is 17.6 Å². The lowest BCUT2D eigenvalue weighted by Gasteiger charge is -2.17. The van der Waals surface area contributed by atoms with Crippen LogP contribution in [0.25, 0.3) is 0 Å². The smallest absolute Gasteiger partial charge is 0.304 e. The van der Waals surface area contributed by atoms with E-state index < -0.39 is 11.4 Å². The average molecular weight is 257 g/mol. The minimum Gasteiger partial charge on any atom is -0.504 e. The number of phenolic OH excluding ortho intramolecular Hbond substituents is 1. The van der Waals surface area contributed by atoms with Crippen molar-refractivity contribution in [3.8, 4) is 11.5 Å². The first-order chi connectivity index (χ1) is 7.98. The summed E-state index contributed by atoms with van der Waals surface area (Å²) in [5.41, 5.74) is 0.0953. The maximum Gasteiger partial charge on any atom is 0.304 e. The van der Waals surface area contributed by atoms with Gasteiger partial charge in [0.1, 0.15) is 0 Å². The molecule has 17 heavy (non-hydrogen) atoms. The van der Waals surface area contributed by atoms with Crippen LogP contribution in [0.15, 0.2) is 12.1 Å². The first kappa shape index (κ1) is 12.0. The SMILES string of the molecule is COc1cc(Cl)cc(C2(CC(=O)O)CC2)c1O. The third kappa shape index (κ3) is 2.17. The number of hydrogen-bond donors (Lipinski definition) is 2. The molecule has 0 bridgehead atoms. The molecular weight excluding hydrogens is 244 g/mol. The van der Waals surface area contributed by atoms with Crippen LogP contribution in [0, 0.1) is 0 Å². The summed E-state index contributed by atoms with van der Waals surface area (Å²) in [5, 5.41) is 19.4. The van der Waals surface area contributed by atoms with Gasteiger partial charge in [-0.05, 0) is 18.9 Å². The predicted octanol–water partition coefficient (Wildman–Crippen LogP) is 2.56. The van der Waals surface area contributed by atoms with Crippen molar-refractivity contribution < 1.29 is 19.7 Å². The first-order valence-corrected chi connectivity index (χ1v) is 5.65. The van der Waals surface area contributed by atoms with E-state index in [1.165, 1.54) is 13.2 Å². The van der Waals surface area contributed by atoms with Crippen LogP contribution in [0.1, 0.15) is 24.8 Å². The van der Waals surface area contributed by atoms with Crippen LogP contribution in [0.3, 0.4) is 0 Å². The van der Waals surface area contributed by atoms with Gasteiger partial charge in [0, 0.05) is 22.1 Å². The van der Waals surface area contributed by atoms with Gasteiger partial charge in [0.15, 0.2) is 11.5 Å². The third-order valence-electron chi connectivity index (χ3n) is 3.17. The van der Waals surface area contributed by atoms with Crippen LogP contribution in [0.4, 0.5) is 0 Å². The number of hydrogen-bond acceptors (Lipinski definition) is 3. The van der Waals surface area contributed by atoms with Gasteiger partial charge < -0.3 is 14.9 Å². The van der Waals surface area contributed by atoms with Gasteiger partial charge in [-0.1, -0.05) is 11.6 Å². The number of carbonyl (C=O) groups is 1. The van der Waals surface area contributed by atoms with Crippen molar-refractivity contribution in [3.63, 3.8) is 0 Å². The van der Waals surface area contributed by atoms with Crippen LogP contribution < -0.4 is 4.74 Å². The van der Waals surface area contributed by atoms with E-state index in [0.717, 1.165) is 12.8 Å². The molecule has 0 radical (unpaired) electrons. The molecule has 92 valence electrons. The van der Waals surface area contributed by atoms with Gasteiger partial charge in [0.2, 0.25) is 0 Å². The number of halogens is 1. The van der Waals surface area contributed by atoms with Crippen LogP contribution in [0.2, 0.25) is 5.02 Å². The number of phenols is 1. The van der Waals surface area contributed by atoms with Crippen molar-refractivity contribution in [1.82, 2.24) is 0 Å². The van der Waals surface area contributed by atoms with E-state index in [1.54, 1.807) is 6.07 Å². The number of rotatable bonds is 4. The molecule has 1 aromatic rings. The Bertz CT molecular complexity index is 466. The molecule has 2 rings (SSSR count). The molecule has 0 atom stereocenters. The standard InChI is InChI=1S/C12H13ClO4/c1-17-9-5-7(13)4-8(11(9)16)12(2-3-12)6-10(14)15/h4-5,16H,2-3,6H2,1H3,(H,14,15). The topological polar surface area (TPSA) is 66.8 Å². The Morgan fingerprint density at radius 2 is 2.18 bits per heavy atom. The van der Waals surface area contributed by atoms with Gasteiger partial charge in [-0.2, -0.15) is 0 Å². The van der Waals surface area contributed by atoms with Gasteiger partial charge >= 0.3 is 5.97 Å². The highest BCUT2D eigenvalue weighted by molar-refractivity contribution is 6.30. The Hall–Kier alpha value is -1.42. The van der Waals surface area contributed by atoms with Crippen LogP contribution >= 0.6 is 11.6 Å². The highest BCUT2D eigenvalue weighted by Gasteiger charge is 2.48. The molecule has 0 amide bonds. The fraction of sp³-hybridized carbons (Fsp3) is 0.417. The third-order valence-corrected chi connectivity index (χ3v) is 3.39. The number of methoxy groups -OCH3 is 1. The average Bonchev–Trinajstić information content (AvgIpc) is 3.00. The molecular formula is C12H13ClO4. The maximum absolute atomic E-state index is 10.8.